The topological polar surface area (TPSA) is 94.2 Å². The molecule has 3 aromatic rings. The van der Waals surface area contributed by atoms with Gasteiger partial charge in [0.05, 0.1) is 30.0 Å². The van der Waals surface area contributed by atoms with Crippen molar-refractivity contribution >= 4 is 11.9 Å². The van der Waals surface area contributed by atoms with Gasteiger partial charge < -0.3 is 15.4 Å². The number of carbonyl (C=O) groups is 1. The monoisotopic (exact) mass is 421 g/mol. The van der Waals surface area contributed by atoms with Crippen molar-refractivity contribution in [2.24, 2.45) is 0 Å². The molecule has 31 heavy (non-hydrogen) atoms. The number of amides is 1. The molecule has 1 amide bonds. The number of carbonyl (C=O) groups excluding carboxylic acids is 1. The molecule has 0 aliphatic carbocycles. The molecular weight excluding hydrogens is 397 g/mol. The first-order chi connectivity index (χ1) is 14.8. The zero-order valence-corrected chi connectivity index (χ0v) is 17.5. The second-order valence-electron chi connectivity index (χ2n) is 8.02. The fraction of sp³-hybridized carbons (Fsp3) is 0.304. The molecule has 1 fully saturated rings. The Labute approximate surface area is 180 Å². The molecule has 1 aromatic carbocycles. The summed E-state index contributed by atoms with van der Waals surface area (Å²) in [6.45, 7) is 4.86. The lowest BCUT2D eigenvalue weighted by molar-refractivity contribution is -0.144. The first-order valence-electron chi connectivity index (χ1n) is 10.1. The highest BCUT2D eigenvalue weighted by atomic mass is 19.1. The van der Waals surface area contributed by atoms with Gasteiger partial charge >= 0.3 is 0 Å². The predicted molar refractivity (Wildman–Crippen MR) is 114 cm³/mol. The average molecular weight is 421 g/mol. The van der Waals surface area contributed by atoms with Gasteiger partial charge in [0.25, 0.3) is 0 Å². The summed E-state index contributed by atoms with van der Waals surface area (Å²) in [7, 11) is 0. The van der Waals surface area contributed by atoms with Crippen molar-refractivity contribution in [1.29, 1.82) is 0 Å². The number of nitrogen functional groups attached to an aromatic ring is 1. The third kappa shape index (κ3) is 4.39. The fourth-order valence-electron chi connectivity index (χ4n) is 3.67. The van der Waals surface area contributed by atoms with Gasteiger partial charge in [-0.05, 0) is 43.7 Å². The molecule has 0 unspecified atom stereocenters. The number of benzene rings is 1. The Bertz CT molecular complexity index is 1090. The number of nitrogens with zero attached hydrogens (tertiary/aromatic N) is 4. The molecular formula is C23H24FN5O2. The number of hydrogen-bond acceptors (Lipinski definition) is 6. The number of morpholine rings is 1. The van der Waals surface area contributed by atoms with Gasteiger partial charge in [0.2, 0.25) is 11.9 Å². The quantitative estimate of drug-likeness (QED) is 0.696. The molecule has 0 saturated carbocycles. The molecule has 0 radical (unpaired) electrons. The van der Waals surface area contributed by atoms with Crippen LogP contribution in [-0.4, -0.2) is 45.5 Å². The van der Waals surface area contributed by atoms with Crippen molar-refractivity contribution in [3.63, 3.8) is 0 Å². The van der Waals surface area contributed by atoms with Gasteiger partial charge in [-0.2, -0.15) is 0 Å². The molecule has 0 spiro atoms. The summed E-state index contributed by atoms with van der Waals surface area (Å²) in [4.78, 5) is 27.8. The summed E-state index contributed by atoms with van der Waals surface area (Å²) in [6, 6.07) is 11.8. The maximum absolute atomic E-state index is 13.7. The minimum Gasteiger partial charge on any atom is -0.368 e. The fourth-order valence-corrected chi connectivity index (χ4v) is 3.67. The lowest BCUT2D eigenvalue weighted by Crippen LogP contribution is -2.49. The van der Waals surface area contributed by atoms with Crippen LogP contribution >= 0.6 is 0 Å². The Kier molecular flexibility index (Phi) is 5.65. The lowest BCUT2D eigenvalue weighted by atomic mass is 9.83. The van der Waals surface area contributed by atoms with E-state index in [0.29, 0.717) is 31.0 Å². The van der Waals surface area contributed by atoms with E-state index in [4.69, 9.17) is 10.5 Å². The normalized spacial score (nSPS) is 16.9. The molecule has 2 N–H and O–H groups in total. The highest BCUT2D eigenvalue weighted by Crippen LogP contribution is 2.30. The van der Waals surface area contributed by atoms with Crippen LogP contribution in [0.2, 0.25) is 0 Å². The van der Waals surface area contributed by atoms with Crippen LogP contribution < -0.4 is 5.73 Å². The molecule has 4 rings (SSSR count). The Morgan fingerprint density at radius 2 is 1.94 bits per heavy atom. The van der Waals surface area contributed by atoms with Gasteiger partial charge in [-0.3, -0.25) is 4.79 Å². The van der Waals surface area contributed by atoms with Crippen LogP contribution in [0.1, 0.15) is 31.2 Å². The number of hydrogen-bond donors (Lipinski definition) is 1. The van der Waals surface area contributed by atoms with E-state index in [9.17, 15) is 9.18 Å². The molecule has 1 aliphatic heterocycles. The maximum Gasteiger partial charge on any atom is 0.232 e. The Morgan fingerprint density at radius 1 is 1.19 bits per heavy atom. The summed E-state index contributed by atoms with van der Waals surface area (Å²) in [5.41, 5.74) is 7.50. The van der Waals surface area contributed by atoms with E-state index in [2.05, 4.69) is 15.0 Å². The minimum atomic E-state index is -0.861. The summed E-state index contributed by atoms with van der Waals surface area (Å²) >= 11 is 0. The first kappa shape index (κ1) is 20.9. The Balaban J connectivity index is 1.54. The Hall–Kier alpha value is -3.39. The number of pyridine rings is 1. The van der Waals surface area contributed by atoms with E-state index in [1.807, 2.05) is 32.0 Å². The van der Waals surface area contributed by atoms with Crippen LogP contribution in [0.25, 0.3) is 11.3 Å². The van der Waals surface area contributed by atoms with Gasteiger partial charge in [0, 0.05) is 24.5 Å². The number of nitrogens with two attached hydrogens (primary N) is 1. The van der Waals surface area contributed by atoms with E-state index in [1.54, 1.807) is 29.4 Å². The van der Waals surface area contributed by atoms with Crippen molar-refractivity contribution in [1.82, 2.24) is 19.9 Å². The maximum atomic E-state index is 13.7. The van der Waals surface area contributed by atoms with Gasteiger partial charge in [-0.25, -0.2) is 19.3 Å². The summed E-state index contributed by atoms with van der Waals surface area (Å²) in [5.74, 6) is -0.231. The lowest BCUT2D eigenvalue weighted by Gasteiger charge is -2.37. The van der Waals surface area contributed by atoms with E-state index >= 15 is 0 Å². The zero-order chi connectivity index (χ0) is 22.0. The van der Waals surface area contributed by atoms with E-state index in [-0.39, 0.29) is 23.8 Å². The molecule has 2 aromatic heterocycles. The third-order valence-electron chi connectivity index (χ3n) is 5.50. The van der Waals surface area contributed by atoms with E-state index < -0.39 is 5.41 Å². The minimum absolute atomic E-state index is 0.0745. The van der Waals surface area contributed by atoms with Crippen molar-refractivity contribution < 1.29 is 13.9 Å². The van der Waals surface area contributed by atoms with E-state index in [1.165, 1.54) is 12.1 Å². The standard InChI is InChI=1S/C23H24FN5O2/c1-23(2,16-5-3-6-17(24)11-16)21(30)29-9-10-31-20(14-29)19-8-4-7-18(28-19)15-12-26-22(25)27-13-15/h3-8,11-13,20H,9-10,14H2,1-2H3,(H2,25,26,27)/t20-/m1/s1. The van der Waals surface area contributed by atoms with Gasteiger partial charge in [-0.1, -0.05) is 18.2 Å². The van der Waals surface area contributed by atoms with Crippen molar-refractivity contribution in [2.75, 3.05) is 25.4 Å². The van der Waals surface area contributed by atoms with Gasteiger partial charge in [-0.15, -0.1) is 0 Å². The third-order valence-corrected chi connectivity index (χ3v) is 5.50. The summed E-state index contributed by atoms with van der Waals surface area (Å²) < 4.78 is 19.6. The zero-order valence-electron chi connectivity index (χ0n) is 17.5. The number of aromatic nitrogens is 3. The predicted octanol–water partition coefficient (Wildman–Crippen LogP) is 3.14. The summed E-state index contributed by atoms with van der Waals surface area (Å²) in [5, 5.41) is 0. The van der Waals surface area contributed by atoms with Crippen LogP contribution in [0, 0.1) is 5.82 Å². The van der Waals surface area contributed by atoms with E-state index in [0.717, 1.165) is 11.3 Å². The molecule has 160 valence electrons. The molecule has 3 heterocycles. The number of anilines is 1. The second kappa shape index (κ2) is 8.39. The molecule has 1 saturated heterocycles. The molecule has 8 heteroatoms. The van der Waals surface area contributed by atoms with Gasteiger partial charge in [0.1, 0.15) is 11.9 Å². The van der Waals surface area contributed by atoms with Crippen molar-refractivity contribution in [3.8, 4) is 11.3 Å². The number of rotatable bonds is 4. The van der Waals surface area contributed by atoms with Gasteiger partial charge in [0.15, 0.2) is 0 Å². The molecule has 1 aliphatic rings. The van der Waals surface area contributed by atoms with Crippen LogP contribution in [0.15, 0.2) is 54.9 Å². The SMILES string of the molecule is CC(C)(C(=O)N1CCO[C@@H](c2cccc(-c3cnc(N)nc3)n2)C1)c1cccc(F)c1. The average Bonchev–Trinajstić information content (AvgIpc) is 2.79. The smallest absolute Gasteiger partial charge is 0.232 e. The van der Waals surface area contributed by atoms with Crippen molar-refractivity contribution in [2.45, 2.75) is 25.4 Å². The van der Waals surface area contributed by atoms with Crippen LogP contribution in [0.3, 0.4) is 0 Å². The van der Waals surface area contributed by atoms with Crippen LogP contribution in [0.5, 0.6) is 0 Å². The molecule has 7 nitrogen and oxygen atoms in total. The largest absolute Gasteiger partial charge is 0.368 e. The summed E-state index contributed by atoms with van der Waals surface area (Å²) in [6.07, 6.45) is 2.87. The van der Waals surface area contributed by atoms with Crippen LogP contribution in [0.4, 0.5) is 10.3 Å². The Morgan fingerprint density at radius 3 is 2.68 bits per heavy atom. The molecule has 1 atom stereocenters. The highest BCUT2D eigenvalue weighted by Gasteiger charge is 2.37. The molecule has 0 bridgehead atoms. The number of halogens is 1. The highest BCUT2D eigenvalue weighted by molar-refractivity contribution is 5.87. The number of ether oxygens (including phenoxy) is 1. The van der Waals surface area contributed by atoms with Crippen molar-refractivity contribution in [3.05, 3.63) is 71.9 Å². The first-order valence-corrected chi connectivity index (χ1v) is 10.1. The van der Waals surface area contributed by atoms with Crippen LogP contribution in [-0.2, 0) is 14.9 Å². The second-order valence-corrected chi connectivity index (χ2v) is 8.02.